The van der Waals surface area contributed by atoms with E-state index in [9.17, 15) is 18.3 Å². The number of nitriles is 1. The molecule has 2 aromatic rings. The summed E-state index contributed by atoms with van der Waals surface area (Å²) in [6.45, 7) is 0. The van der Waals surface area contributed by atoms with Gasteiger partial charge < -0.3 is 10.4 Å². The van der Waals surface area contributed by atoms with Crippen LogP contribution < -0.4 is 10.0 Å². The first-order valence-electron chi connectivity index (χ1n) is 7.41. The Balaban J connectivity index is 1.76. The van der Waals surface area contributed by atoms with Crippen molar-refractivity contribution < 1.29 is 18.3 Å². The van der Waals surface area contributed by atoms with Crippen molar-refractivity contribution in [3.8, 4) is 11.8 Å². The summed E-state index contributed by atoms with van der Waals surface area (Å²) in [7, 11) is -3.46. The Kier molecular flexibility index (Phi) is 4.29. The van der Waals surface area contributed by atoms with Crippen LogP contribution in [-0.4, -0.2) is 29.7 Å². The van der Waals surface area contributed by atoms with Gasteiger partial charge in [-0.3, -0.25) is 9.52 Å². The summed E-state index contributed by atoms with van der Waals surface area (Å²) < 4.78 is 26.2. The van der Waals surface area contributed by atoms with Gasteiger partial charge in [0.05, 0.1) is 10.8 Å². The molecule has 1 saturated carbocycles. The summed E-state index contributed by atoms with van der Waals surface area (Å²) in [5.74, 6) is -0.604. The van der Waals surface area contributed by atoms with Gasteiger partial charge in [0, 0.05) is 17.4 Å². The quantitative estimate of drug-likeness (QED) is 0.698. The molecule has 3 N–H and O–H groups in total. The van der Waals surface area contributed by atoms with Crippen molar-refractivity contribution in [3.63, 3.8) is 0 Å². The summed E-state index contributed by atoms with van der Waals surface area (Å²) >= 11 is 0. The summed E-state index contributed by atoms with van der Waals surface area (Å²) in [6.07, 6.45) is 2.58. The zero-order chi connectivity index (χ0) is 18.0. The number of phenolic OH excluding ortho intramolecular Hbond substituents is 1. The minimum absolute atomic E-state index is 0.0328. The number of carbonyl (C=O) groups excluding carboxylic acids is 1. The van der Waals surface area contributed by atoms with E-state index in [2.05, 4.69) is 15.0 Å². The van der Waals surface area contributed by atoms with Crippen LogP contribution in [0.1, 0.15) is 28.8 Å². The molecule has 1 heterocycles. The lowest BCUT2D eigenvalue weighted by atomic mass is 10.2. The number of rotatable bonds is 5. The molecular weight excluding hydrogens is 344 g/mol. The molecule has 0 bridgehead atoms. The SMILES string of the molecule is N#Cc1cc(NC(=O)c2ccnc(NS(=O)(=O)C3CC3)c2)ccc1O. The molecule has 8 nitrogen and oxygen atoms in total. The second kappa shape index (κ2) is 6.41. The molecule has 25 heavy (non-hydrogen) atoms. The van der Waals surface area contributed by atoms with Crippen molar-refractivity contribution >= 4 is 27.4 Å². The van der Waals surface area contributed by atoms with Gasteiger partial charge in [0.1, 0.15) is 17.6 Å². The fourth-order valence-corrected chi connectivity index (χ4v) is 3.47. The number of pyridine rings is 1. The molecule has 1 fully saturated rings. The summed E-state index contributed by atoms with van der Waals surface area (Å²) in [4.78, 5) is 16.2. The number of aromatic nitrogens is 1. The van der Waals surface area contributed by atoms with Crippen LogP contribution in [0.25, 0.3) is 0 Å². The van der Waals surface area contributed by atoms with Crippen molar-refractivity contribution in [1.82, 2.24) is 4.98 Å². The minimum atomic E-state index is -3.46. The molecule has 1 aliphatic rings. The predicted molar refractivity (Wildman–Crippen MR) is 90.6 cm³/mol. The van der Waals surface area contributed by atoms with E-state index in [4.69, 9.17) is 5.26 Å². The van der Waals surface area contributed by atoms with E-state index in [1.54, 1.807) is 0 Å². The highest BCUT2D eigenvalue weighted by Gasteiger charge is 2.36. The molecule has 0 saturated heterocycles. The van der Waals surface area contributed by atoms with Gasteiger partial charge in [0.15, 0.2) is 0 Å². The number of phenols is 1. The number of amides is 1. The van der Waals surface area contributed by atoms with Crippen molar-refractivity contribution in [1.29, 1.82) is 5.26 Å². The van der Waals surface area contributed by atoms with E-state index in [0.717, 1.165) is 0 Å². The van der Waals surface area contributed by atoms with Gasteiger partial charge >= 0.3 is 0 Å². The van der Waals surface area contributed by atoms with E-state index in [-0.39, 0.29) is 22.7 Å². The fourth-order valence-electron chi connectivity index (χ4n) is 2.14. The van der Waals surface area contributed by atoms with Crippen LogP contribution in [0.15, 0.2) is 36.5 Å². The molecule has 0 aliphatic heterocycles. The van der Waals surface area contributed by atoms with E-state index < -0.39 is 21.2 Å². The normalized spacial score (nSPS) is 13.7. The van der Waals surface area contributed by atoms with E-state index >= 15 is 0 Å². The number of sulfonamides is 1. The highest BCUT2D eigenvalue weighted by Crippen LogP contribution is 2.29. The van der Waals surface area contributed by atoms with E-state index in [1.165, 1.54) is 36.5 Å². The molecule has 0 unspecified atom stereocenters. The molecular formula is C16H14N4O4S. The Morgan fingerprint density at radius 2 is 2.04 bits per heavy atom. The molecule has 1 aliphatic carbocycles. The molecule has 0 radical (unpaired) electrons. The summed E-state index contributed by atoms with van der Waals surface area (Å²) in [6, 6.07) is 8.68. The van der Waals surface area contributed by atoms with E-state index in [0.29, 0.717) is 18.5 Å². The third kappa shape index (κ3) is 3.87. The number of hydrogen-bond acceptors (Lipinski definition) is 6. The maximum absolute atomic E-state index is 12.3. The second-order valence-corrected chi connectivity index (χ2v) is 7.53. The van der Waals surface area contributed by atoms with Gasteiger partial charge in [-0.2, -0.15) is 5.26 Å². The van der Waals surface area contributed by atoms with Crippen LogP contribution in [0.4, 0.5) is 11.5 Å². The maximum atomic E-state index is 12.3. The molecule has 128 valence electrons. The van der Waals surface area contributed by atoms with Gasteiger partial charge in [-0.25, -0.2) is 13.4 Å². The third-order valence-electron chi connectivity index (χ3n) is 3.61. The molecule has 0 atom stereocenters. The monoisotopic (exact) mass is 358 g/mol. The Bertz CT molecular complexity index is 978. The number of anilines is 2. The number of benzene rings is 1. The standard InChI is InChI=1S/C16H14N4O4S/c17-9-11-7-12(1-4-14(11)21)19-16(22)10-5-6-18-15(8-10)20-25(23,24)13-2-3-13/h1,4-8,13,21H,2-3H2,(H,18,20)(H,19,22). The zero-order valence-corrected chi connectivity index (χ0v) is 13.7. The van der Waals surface area contributed by atoms with Gasteiger partial charge in [-0.05, 0) is 43.2 Å². The van der Waals surface area contributed by atoms with Crippen LogP contribution >= 0.6 is 0 Å². The largest absolute Gasteiger partial charge is 0.507 e. The lowest BCUT2D eigenvalue weighted by Gasteiger charge is -2.09. The average Bonchev–Trinajstić information content (AvgIpc) is 3.42. The number of nitrogens with zero attached hydrogens (tertiary/aromatic N) is 2. The second-order valence-electron chi connectivity index (χ2n) is 5.57. The molecule has 1 aromatic heterocycles. The Hall–Kier alpha value is -3.12. The Morgan fingerprint density at radius 1 is 1.28 bits per heavy atom. The first kappa shape index (κ1) is 16.7. The van der Waals surface area contributed by atoms with Crippen LogP contribution in [0, 0.1) is 11.3 Å². The predicted octanol–water partition coefficient (Wildman–Crippen LogP) is 1.82. The molecule has 9 heteroatoms. The van der Waals surface area contributed by atoms with Crippen molar-refractivity contribution in [2.24, 2.45) is 0 Å². The van der Waals surface area contributed by atoms with Gasteiger partial charge in [0.2, 0.25) is 10.0 Å². The molecule has 0 spiro atoms. The first-order chi connectivity index (χ1) is 11.9. The van der Waals surface area contributed by atoms with Crippen molar-refractivity contribution in [3.05, 3.63) is 47.7 Å². The van der Waals surface area contributed by atoms with Crippen molar-refractivity contribution in [2.45, 2.75) is 18.1 Å². The first-order valence-corrected chi connectivity index (χ1v) is 8.96. The van der Waals surface area contributed by atoms with Crippen LogP contribution in [0.2, 0.25) is 0 Å². The van der Waals surface area contributed by atoms with Crippen LogP contribution in [0.3, 0.4) is 0 Å². The molecule has 3 rings (SSSR count). The number of aromatic hydroxyl groups is 1. The highest BCUT2D eigenvalue weighted by molar-refractivity contribution is 7.93. The lowest BCUT2D eigenvalue weighted by Crippen LogP contribution is -2.19. The van der Waals surface area contributed by atoms with Gasteiger partial charge in [0.25, 0.3) is 5.91 Å². The van der Waals surface area contributed by atoms with Crippen LogP contribution in [-0.2, 0) is 10.0 Å². The van der Waals surface area contributed by atoms with Gasteiger partial charge in [-0.1, -0.05) is 0 Å². The Labute approximate surface area is 144 Å². The minimum Gasteiger partial charge on any atom is -0.507 e. The maximum Gasteiger partial charge on any atom is 0.255 e. The fraction of sp³-hybridized carbons (Fsp3) is 0.188. The number of hydrogen-bond donors (Lipinski definition) is 3. The van der Waals surface area contributed by atoms with Gasteiger partial charge in [-0.15, -0.1) is 0 Å². The third-order valence-corrected chi connectivity index (χ3v) is 5.45. The summed E-state index contributed by atoms with van der Waals surface area (Å²) in [5.41, 5.74) is 0.566. The average molecular weight is 358 g/mol. The smallest absolute Gasteiger partial charge is 0.255 e. The number of carbonyl (C=O) groups is 1. The van der Waals surface area contributed by atoms with Crippen LogP contribution in [0.5, 0.6) is 5.75 Å². The highest BCUT2D eigenvalue weighted by atomic mass is 32.2. The Morgan fingerprint density at radius 3 is 2.72 bits per heavy atom. The van der Waals surface area contributed by atoms with Crippen molar-refractivity contribution in [2.75, 3.05) is 10.0 Å². The lowest BCUT2D eigenvalue weighted by molar-refractivity contribution is 0.102. The molecule has 1 amide bonds. The zero-order valence-electron chi connectivity index (χ0n) is 12.9. The summed E-state index contributed by atoms with van der Waals surface area (Å²) in [5, 5.41) is 20.5. The molecule has 1 aromatic carbocycles. The topological polar surface area (TPSA) is 132 Å². The number of nitrogens with one attached hydrogen (secondary N) is 2. The van der Waals surface area contributed by atoms with E-state index in [1.807, 2.05) is 6.07 Å².